The zero-order chi connectivity index (χ0) is 22.9. The smallest absolute Gasteiger partial charge is 0.302 e. The Hall–Kier alpha value is -1.77. The maximum atomic E-state index is 11.6. The topological polar surface area (TPSA) is 38.3 Å². The van der Waals surface area contributed by atoms with Crippen molar-refractivity contribution in [3.8, 4) is 0 Å². The molecule has 0 aromatic rings. The first kappa shape index (κ1) is 23.4. The molecular formula is C29H43NO2. The van der Waals surface area contributed by atoms with Gasteiger partial charge in [-0.2, -0.15) is 0 Å². The summed E-state index contributed by atoms with van der Waals surface area (Å²) >= 11 is 0. The highest BCUT2D eigenvalue weighted by Gasteiger charge is 2.55. The first-order valence-electron chi connectivity index (χ1n) is 12.9. The minimum absolute atomic E-state index is 0.0966. The highest BCUT2D eigenvalue weighted by Crippen LogP contribution is 2.64. The monoisotopic (exact) mass is 437 g/mol. The molecule has 4 rings (SSSR count). The van der Waals surface area contributed by atoms with Gasteiger partial charge in [0.15, 0.2) is 0 Å². The fraction of sp³-hybridized carbons (Fsp3) is 0.690. The first-order valence-corrected chi connectivity index (χ1v) is 12.9. The van der Waals surface area contributed by atoms with Gasteiger partial charge in [-0.1, -0.05) is 43.7 Å². The van der Waals surface area contributed by atoms with Crippen LogP contribution in [0.1, 0.15) is 85.5 Å². The third kappa shape index (κ3) is 4.01. The number of nitrogens with one attached hydrogen (secondary N) is 1. The van der Waals surface area contributed by atoms with Gasteiger partial charge in [0.1, 0.15) is 6.10 Å². The fourth-order valence-corrected chi connectivity index (χ4v) is 7.98. The second-order valence-electron chi connectivity index (χ2n) is 11.1. The number of carbonyl (C=O) groups excluding carboxylic acids is 1. The standard InChI is InChI=1S/C29H43NO2/c1-6-8-21(19-30-5)25-13-14-26-24-10-7-9-22-11-12-23(32-20(2)31)15-17-28(22,3)27(24)16-18-29(25,26)4/h6,8-9,13,19,23-24,26-27,30H,7,10-12,14-18H2,1-5H3/b8-6-,21-19+/t23?,24-,26-,27-,28-,29+/m0/s1. The Morgan fingerprint density at radius 3 is 2.59 bits per heavy atom. The van der Waals surface area contributed by atoms with Gasteiger partial charge >= 0.3 is 5.97 Å². The van der Waals surface area contributed by atoms with Crippen LogP contribution >= 0.6 is 0 Å². The average molecular weight is 438 g/mol. The van der Waals surface area contributed by atoms with Gasteiger partial charge in [0.25, 0.3) is 0 Å². The van der Waals surface area contributed by atoms with Crippen LogP contribution in [0.4, 0.5) is 0 Å². The Morgan fingerprint density at radius 1 is 1.09 bits per heavy atom. The SMILES string of the molecule is C/C=C\C(=C/NC)C1=CC[C@H]2[C@@H]3CCC=C4CCC(OC(C)=O)CC[C@]4(C)[C@H]3CC[C@]12C. The lowest BCUT2D eigenvalue weighted by molar-refractivity contribution is -0.147. The quantitative estimate of drug-likeness (QED) is 0.296. The van der Waals surface area contributed by atoms with Gasteiger partial charge in [-0.15, -0.1) is 0 Å². The molecule has 0 aliphatic heterocycles. The molecule has 0 spiro atoms. The fourth-order valence-electron chi connectivity index (χ4n) is 7.98. The highest BCUT2D eigenvalue weighted by molar-refractivity contribution is 5.66. The normalized spacial score (nSPS) is 39.7. The third-order valence-electron chi connectivity index (χ3n) is 9.47. The lowest BCUT2D eigenvalue weighted by Gasteiger charge is -2.53. The van der Waals surface area contributed by atoms with E-state index < -0.39 is 0 Å². The van der Waals surface area contributed by atoms with Crippen molar-refractivity contribution < 1.29 is 9.53 Å². The van der Waals surface area contributed by atoms with E-state index in [0.29, 0.717) is 0 Å². The molecule has 6 atom stereocenters. The van der Waals surface area contributed by atoms with Crippen LogP contribution in [0.3, 0.4) is 0 Å². The Bertz CT molecular complexity index is 849. The van der Waals surface area contributed by atoms with E-state index in [1.54, 1.807) is 18.1 Å². The van der Waals surface area contributed by atoms with Gasteiger partial charge in [0.05, 0.1) is 0 Å². The molecule has 2 fully saturated rings. The van der Waals surface area contributed by atoms with Gasteiger partial charge < -0.3 is 10.1 Å². The number of carbonyl (C=O) groups is 1. The summed E-state index contributed by atoms with van der Waals surface area (Å²) in [4.78, 5) is 11.6. The number of esters is 1. The summed E-state index contributed by atoms with van der Waals surface area (Å²) in [6.07, 6.45) is 22.5. The molecule has 0 amide bonds. The number of allylic oxidation sites excluding steroid dienone is 7. The number of ether oxygens (including phenoxy) is 1. The van der Waals surface area contributed by atoms with Gasteiger partial charge in [-0.05, 0) is 104 Å². The van der Waals surface area contributed by atoms with Crippen molar-refractivity contribution in [1.29, 1.82) is 0 Å². The Balaban J connectivity index is 1.60. The van der Waals surface area contributed by atoms with Crippen LogP contribution in [0.2, 0.25) is 0 Å². The largest absolute Gasteiger partial charge is 0.463 e. The van der Waals surface area contributed by atoms with Crippen molar-refractivity contribution in [2.24, 2.45) is 28.6 Å². The van der Waals surface area contributed by atoms with Gasteiger partial charge in [0, 0.05) is 20.2 Å². The van der Waals surface area contributed by atoms with Crippen molar-refractivity contribution in [1.82, 2.24) is 5.32 Å². The van der Waals surface area contributed by atoms with Crippen LogP contribution < -0.4 is 5.32 Å². The van der Waals surface area contributed by atoms with E-state index in [1.165, 1.54) is 37.7 Å². The molecule has 2 saturated carbocycles. The van der Waals surface area contributed by atoms with Crippen LogP contribution in [0.25, 0.3) is 0 Å². The van der Waals surface area contributed by atoms with Crippen molar-refractivity contribution in [3.63, 3.8) is 0 Å². The molecule has 32 heavy (non-hydrogen) atoms. The number of rotatable bonds is 4. The van der Waals surface area contributed by atoms with Crippen LogP contribution in [0.5, 0.6) is 0 Å². The van der Waals surface area contributed by atoms with E-state index in [2.05, 4.69) is 56.6 Å². The second kappa shape index (κ2) is 9.23. The lowest BCUT2D eigenvalue weighted by Crippen LogP contribution is -2.46. The minimum Gasteiger partial charge on any atom is -0.463 e. The molecule has 0 saturated heterocycles. The van der Waals surface area contributed by atoms with E-state index in [9.17, 15) is 4.79 Å². The lowest BCUT2D eigenvalue weighted by atomic mass is 9.51. The molecular weight excluding hydrogens is 394 g/mol. The Labute approximate surface area is 195 Å². The van der Waals surface area contributed by atoms with Crippen molar-refractivity contribution >= 4 is 5.97 Å². The molecule has 0 aromatic carbocycles. The molecule has 0 aromatic heterocycles. The summed E-state index contributed by atoms with van der Waals surface area (Å²) in [6.45, 7) is 8.77. The highest BCUT2D eigenvalue weighted by atomic mass is 16.5. The molecule has 4 aliphatic rings. The Morgan fingerprint density at radius 2 is 1.88 bits per heavy atom. The summed E-state index contributed by atoms with van der Waals surface area (Å²) in [5.74, 6) is 2.13. The zero-order valence-corrected chi connectivity index (χ0v) is 20.9. The van der Waals surface area contributed by atoms with Crippen molar-refractivity contribution in [3.05, 3.63) is 47.2 Å². The van der Waals surface area contributed by atoms with Gasteiger partial charge in [-0.3, -0.25) is 4.79 Å². The summed E-state index contributed by atoms with van der Waals surface area (Å²) < 4.78 is 5.67. The number of fused-ring (bicyclic) bond motifs is 5. The van der Waals surface area contributed by atoms with Crippen LogP contribution in [0.15, 0.2) is 47.2 Å². The first-order chi connectivity index (χ1) is 15.3. The summed E-state index contributed by atoms with van der Waals surface area (Å²) in [6, 6.07) is 0. The molecule has 4 aliphatic carbocycles. The predicted octanol–water partition coefficient (Wildman–Crippen LogP) is 6.88. The van der Waals surface area contributed by atoms with E-state index >= 15 is 0 Å². The second-order valence-corrected chi connectivity index (χ2v) is 11.1. The number of hydrogen-bond donors (Lipinski definition) is 1. The Kier molecular flexibility index (Phi) is 6.75. The van der Waals surface area contributed by atoms with Crippen molar-refractivity contribution in [2.75, 3.05) is 7.05 Å². The minimum atomic E-state index is -0.126. The summed E-state index contributed by atoms with van der Waals surface area (Å²) in [5.41, 5.74) is 5.11. The summed E-state index contributed by atoms with van der Waals surface area (Å²) in [5, 5.41) is 3.28. The molecule has 1 unspecified atom stereocenters. The maximum absolute atomic E-state index is 11.6. The molecule has 1 N–H and O–H groups in total. The molecule has 3 heteroatoms. The molecule has 0 bridgehead atoms. The third-order valence-corrected chi connectivity index (χ3v) is 9.47. The molecule has 176 valence electrons. The molecule has 0 radical (unpaired) electrons. The van der Waals surface area contributed by atoms with Crippen LogP contribution in [-0.2, 0) is 9.53 Å². The zero-order valence-electron chi connectivity index (χ0n) is 20.9. The molecule has 3 nitrogen and oxygen atoms in total. The van der Waals surface area contributed by atoms with Crippen LogP contribution in [-0.4, -0.2) is 19.1 Å². The number of hydrogen-bond acceptors (Lipinski definition) is 3. The average Bonchev–Trinajstić information content (AvgIpc) is 2.93. The van der Waals surface area contributed by atoms with Crippen LogP contribution in [0, 0.1) is 28.6 Å². The van der Waals surface area contributed by atoms with Gasteiger partial charge in [0.2, 0.25) is 0 Å². The predicted molar refractivity (Wildman–Crippen MR) is 132 cm³/mol. The van der Waals surface area contributed by atoms with E-state index in [1.807, 2.05) is 7.05 Å². The van der Waals surface area contributed by atoms with E-state index in [4.69, 9.17) is 4.74 Å². The van der Waals surface area contributed by atoms with E-state index in [0.717, 1.165) is 43.4 Å². The summed E-state index contributed by atoms with van der Waals surface area (Å²) in [7, 11) is 2.00. The van der Waals surface area contributed by atoms with E-state index in [-0.39, 0.29) is 22.9 Å². The van der Waals surface area contributed by atoms with Gasteiger partial charge in [-0.25, -0.2) is 0 Å². The van der Waals surface area contributed by atoms with Crippen molar-refractivity contribution in [2.45, 2.75) is 91.6 Å². The molecule has 0 heterocycles. The maximum Gasteiger partial charge on any atom is 0.302 e.